The minimum Gasteiger partial charge on any atom is -0.368 e. The molecule has 2 nitrogen and oxygen atoms in total. The molecule has 2 heteroatoms. The molecule has 0 N–H and O–H groups in total. The van der Waals surface area contributed by atoms with Crippen LogP contribution in [0.4, 0.5) is 0 Å². The van der Waals surface area contributed by atoms with Crippen LogP contribution in [0.1, 0.15) is 0 Å². The molecular weight excluding hydrogens is 102 g/mol. The number of nitrogens with zero attached hydrogens (tertiary/aromatic N) is 1. The van der Waals surface area contributed by atoms with Gasteiger partial charge in [-0.25, -0.2) is 0 Å². The van der Waals surface area contributed by atoms with E-state index in [0.717, 1.165) is 0 Å². The molecule has 1 aromatic rings. The van der Waals surface area contributed by atoms with Crippen LogP contribution in [0.15, 0.2) is 30.3 Å². The average molecular weight is 107 g/mol. The fourth-order valence-corrected chi connectivity index (χ4v) is 0.481. The summed E-state index contributed by atoms with van der Waals surface area (Å²) in [5, 5.41) is 0. The molecule has 0 saturated carbocycles. The summed E-state index contributed by atoms with van der Waals surface area (Å²) >= 11 is 0. The lowest BCUT2D eigenvalue weighted by Gasteiger charge is -1.89. The maximum Gasteiger partial charge on any atom is 0.151 e. The molecule has 0 fully saturated rings. The molecule has 8 heavy (non-hydrogen) atoms. The molecule has 0 aliphatic rings. The van der Waals surface area contributed by atoms with Crippen LogP contribution in [-0.4, -0.2) is 0 Å². The van der Waals surface area contributed by atoms with Crippen LogP contribution in [0.2, 0.25) is 0 Å². The molecule has 0 saturated heterocycles. The molecule has 0 aliphatic heterocycles. The van der Waals surface area contributed by atoms with E-state index in [0.29, 0.717) is 5.75 Å². The summed E-state index contributed by atoms with van der Waals surface area (Å²) in [6.07, 6.45) is 0. The van der Waals surface area contributed by atoms with Crippen molar-refractivity contribution in [2.45, 2.75) is 0 Å². The monoisotopic (exact) mass is 107 g/mol. The summed E-state index contributed by atoms with van der Waals surface area (Å²) in [7, 11) is 0. The highest BCUT2D eigenvalue weighted by Crippen LogP contribution is 2.04. The predicted octanol–water partition coefficient (Wildman–Crippen LogP) is 1.05. The maximum atomic E-state index is 8.04. The van der Waals surface area contributed by atoms with Gasteiger partial charge in [0.15, 0.2) is 5.75 Å². The Hall–Kier alpha value is -1.02. The summed E-state index contributed by atoms with van der Waals surface area (Å²) < 4.78 is 0. The number of benzene rings is 1. The number of hydrogen-bond donors (Lipinski definition) is 0. The molecule has 0 amide bonds. The van der Waals surface area contributed by atoms with E-state index in [1.807, 2.05) is 6.07 Å². The van der Waals surface area contributed by atoms with E-state index < -0.39 is 0 Å². The molecule has 0 atom stereocenters. The van der Waals surface area contributed by atoms with Crippen molar-refractivity contribution < 1.29 is 4.84 Å². The van der Waals surface area contributed by atoms with E-state index >= 15 is 0 Å². The molecule has 0 heterocycles. The van der Waals surface area contributed by atoms with E-state index in [1.54, 1.807) is 24.3 Å². The van der Waals surface area contributed by atoms with Gasteiger partial charge in [0.2, 0.25) is 0 Å². The van der Waals surface area contributed by atoms with E-state index in [-0.39, 0.29) is 0 Å². The summed E-state index contributed by atoms with van der Waals surface area (Å²) in [4.78, 5) is 3.91. The molecule has 0 unspecified atom stereocenters. The number of para-hydroxylation sites is 1. The second-order valence-corrected chi connectivity index (χ2v) is 1.40. The Morgan fingerprint density at radius 2 is 1.75 bits per heavy atom. The van der Waals surface area contributed by atoms with Gasteiger partial charge in [-0.1, -0.05) is 18.2 Å². The summed E-state index contributed by atoms with van der Waals surface area (Å²) in [6.45, 7) is 0. The van der Waals surface area contributed by atoms with Crippen molar-refractivity contribution in [2.24, 2.45) is 0 Å². The van der Waals surface area contributed by atoms with E-state index in [2.05, 4.69) is 4.84 Å². The summed E-state index contributed by atoms with van der Waals surface area (Å²) in [6, 6.07) is 8.75. The quantitative estimate of drug-likeness (QED) is 0.493. The van der Waals surface area contributed by atoms with Crippen molar-refractivity contribution >= 4 is 0 Å². The fraction of sp³-hybridized carbons (Fsp3) is 0. The molecule has 0 aliphatic carbocycles. The molecule has 2 radical (unpaired) electrons. The third-order valence-corrected chi connectivity index (χ3v) is 0.849. The first-order valence-corrected chi connectivity index (χ1v) is 2.30. The predicted molar refractivity (Wildman–Crippen MR) is 29.2 cm³/mol. The topological polar surface area (TPSA) is 31.5 Å². The summed E-state index contributed by atoms with van der Waals surface area (Å²) in [5.74, 6) is 8.50. The van der Waals surface area contributed by atoms with Gasteiger partial charge < -0.3 is 4.84 Å². The zero-order chi connectivity index (χ0) is 5.82. The van der Waals surface area contributed by atoms with Crippen molar-refractivity contribution in [2.75, 3.05) is 0 Å². The van der Waals surface area contributed by atoms with Gasteiger partial charge in [-0.05, 0) is 12.1 Å². The zero-order valence-electron chi connectivity index (χ0n) is 4.24. The Morgan fingerprint density at radius 3 is 2.12 bits per heavy atom. The van der Waals surface area contributed by atoms with Gasteiger partial charge in [0, 0.05) is 0 Å². The Labute approximate surface area is 47.8 Å². The number of rotatable bonds is 1. The second kappa shape index (κ2) is 2.33. The standard InChI is InChI=1S/C6H5NO/c7-8-6-4-2-1-3-5-6/h1-5H. The summed E-state index contributed by atoms with van der Waals surface area (Å²) in [5.41, 5.74) is 0. The van der Waals surface area contributed by atoms with Crippen LogP contribution >= 0.6 is 0 Å². The highest BCUT2D eigenvalue weighted by Gasteiger charge is 1.83. The molecule has 0 bridgehead atoms. The SMILES string of the molecule is [N]Oc1ccccc1. The first-order chi connectivity index (χ1) is 3.93. The molecular formula is C6H5NO. The van der Waals surface area contributed by atoms with Crippen LogP contribution in [0, 0.1) is 0 Å². The van der Waals surface area contributed by atoms with E-state index in [4.69, 9.17) is 5.90 Å². The van der Waals surface area contributed by atoms with Gasteiger partial charge in [0.05, 0.1) is 0 Å². The van der Waals surface area contributed by atoms with Crippen molar-refractivity contribution in [3.05, 3.63) is 30.3 Å². The molecule has 40 valence electrons. The minimum atomic E-state index is 0.465. The van der Waals surface area contributed by atoms with Gasteiger partial charge in [-0.2, -0.15) is 0 Å². The third-order valence-electron chi connectivity index (χ3n) is 0.849. The van der Waals surface area contributed by atoms with Crippen LogP contribution < -0.4 is 10.7 Å². The first kappa shape index (κ1) is 5.12. The van der Waals surface area contributed by atoms with E-state index in [1.165, 1.54) is 0 Å². The van der Waals surface area contributed by atoms with Crippen LogP contribution in [-0.2, 0) is 0 Å². The minimum absolute atomic E-state index is 0.465. The molecule has 0 aromatic heterocycles. The smallest absolute Gasteiger partial charge is 0.151 e. The lowest BCUT2D eigenvalue weighted by molar-refractivity contribution is 0.309. The third kappa shape index (κ3) is 0.978. The Morgan fingerprint density at radius 1 is 1.12 bits per heavy atom. The van der Waals surface area contributed by atoms with Crippen LogP contribution in [0.25, 0.3) is 0 Å². The van der Waals surface area contributed by atoms with Crippen molar-refractivity contribution in [1.29, 1.82) is 0 Å². The fourth-order valence-electron chi connectivity index (χ4n) is 0.481. The van der Waals surface area contributed by atoms with Gasteiger partial charge in [0.25, 0.3) is 0 Å². The van der Waals surface area contributed by atoms with Gasteiger partial charge >= 0.3 is 0 Å². The Kier molecular flexibility index (Phi) is 1.49. The van der Waals surface area contributed by atoms with Gasteiger partial charge in [-0.3, -0.25) is 0 Å². The lowest BCUT2D eigenvalue weighted by atomic mass is 10.3. The normalized spacial score (nSPS) is 8.62. The second-order valence-electron chi connectivity index (χ2n) is 1.40. The molecule has 1 rings (SSSR count). The van der Waals surface area contributed by atoms with Gasteiger partial charge in [-0.15, -0.1) is 0 Å². The average Bonchev–Trinajstić information content (AvgIpc) is 1.90. The first-order valence-electron chi connectivity index (χ1n) is 2.30. The highest BCUT2D eigenvalue weighted by molar-refractivity contribution is 5.20. The van der Waals surface area contributed by atoms with E-state index in [9.17, 15) is 0 Å². The lowest BCUT2D eigenvalue weighted by Crippen LogP contribution is -1.83. The Balaban J connectivity index is 2.83. The maximum absolute atomic E-state index is 8.04. The zero-order valence-corrected chi connectivity index (χ0v) is 4.24. The van der Waals surface area contributed by atoms with Crippen molar-refractivity contribution in [1.82, 2.24) is 5.90 Å². The van der Waals surface area contributed by atoms with Crippen molar-refractivity contribution in [3.63, 3.8) is 0 Å². The van der Waals surface area contributed by atoms with Crippen LogP contribution in [0.3, 0.4) is 0 Å². The Bertz CT molecular complexity index is 150. The van der Waals surface area contributed by atoms with Crippen LogP contribution in [0.5, 0.6) is 5.75 Å². The highest BCUT2D eigenvalue weighted by atomic mass is 16.6. The number of hydrogen-bond acceptors (Lipinski definition) is 1. The largest absolute Gasteiger partial charge is 0.368 e. The molecule has 1 aromatic carbocycles. The molecule has 0 spiro atoms. The van der Waals surface area contributed by atoms with Gasteiger partial charge in [0.1, 0.15) is 5.90 Å². The van der Waals surface area contributed by atoms with Crippen molar-refractivity contribution in [3.8, 4) is 5.75 Å².